The highest BCUT2D eigenvalue weighted by atomic mass is 19.3. The number of benzene rings is 2. The van der Waals surface area contributed by atoms with Gasteiger partial charge in [0.05, 0.1) is 6.04 Å². The van der Waals surface area contributed by atoms with E-state index in [0.717, 1.165) is 35.1 Å². The fourth-order valence-electron chi connectivity index (χ4n) is 3.26. The molecule has 0 radical (unpaired) electrons. The van der Waals surface area contributed by atoms with E-state index in [1.807, 2.05) is 6.08 Å². The van der Waals surface area contributed by atoms with Gasteiger partial charge in [-0.2, -0.15) is 0 Å². The van der Waals surface area contributed by atoms with Crippen LogP contribution in [0.3, 0.4) is 0 Å². The van der Waals surface area contributed by atoms with Crippen molar-refractivity contribution in [2.24, 2.45) is 4.99 Å². The van der Waals surface area contributed by atoms with E-state index < -0.39 is 6.43 Å². The maximum absolute atomic E-state index is 13.7. The Labute approximate surface area is 151 Å². The quantitative estimate of drug-likeness (QED) is 0.453. The lowest BCUT2D eigenvalue weighted by Gasteiger charge is -2.12. The summed E-state index contributed by atoms with van der Waals surface area (Å²) in [6, 6.07) is 11.1. The summed E-state index contributed by atoms with van der Waals surface area (Å²) < 4.78 is 39.1. The van der Waals surface area contributed by atoms with Crippen molar-refractivity contribution in [3.05, 3.63) is 83.2 Å². The molecule has 0 aliphatic heterocycles. The molecule has 2 aromatic rings. The molecule has 0 spiro atoms. The van der Waals surface area contributed by atoms with E-state index >= 15 is 0 Å². The minimum Gasteiger partial charge on any atom is -0.290 e. The molecule has 0 aromatic heterocycles. The molecule has 0 bridgehead atoms. The van der Waals surface area contributed by atoms with Gasteiger partial charge in [-0.3, -0.25) is 4.99 Å². The van der Waals surface area contributed by atoms with Gasteiger partial charge in [0.25, 0.3) is 6.43 Å². The van der Waals surface area contributed by atoms with Gasteiger partial charge in [0.1, 0.15) is 5.82 Å². The van der Waals surface area contributed by atoms with Gasteiger partial charge in [0.15, 0.2) is 0 Å². The van der Waals surface area contributed by atoms with Gasteiger partial charge in [0.2, 0.25) is 0 Å². The van der Waals surface area contributed by atoms with Crippen molar-refractivity contribution in [3.8, 4) is 0 Å². The SMILES string of the molecule is C=CC=NC1CCc2cc(F)ccc2/C(=C\c2ccc(C(F)F)cc2)C1. The minimum atomic E-state index is -2.48. The molecule has 1 nitrogen and oxygen atoms in total. The minimum absolute atomic E-state index is 0.00365. The topological polar surface area (TPSA) is 12.4 Å². The zero-order valence-electron chi connectivity index (χ0n) is 14.3. The number of halogens is 3. The second-order valence-corrected chi connectivity index (χ2v) is 6.37. The monoisotopic (exact) mass is 355 g/mol. The van der Waals surface area contributed by atoms with E-state index in [0.29, 0.717) is 6.42 Å². The molecule has 0 N–H and O–H groups in total. The Morgan fingerprint density at radius 1 is 1.12 bits per heavy atom. The fraction of sp³-hybridized carbons (Fsp3) is 0.227. The van der Waals surface area contributed by atoms with E-state index in [2.05, 4.69) is 11.6 Å². The summed E-state index contributed by atoms with van der Waals surface area (Å²) >= 11 is 0. The van der Waals surface area contributed by atoms with Gasteiger partial charge in [-0.05, 0) is 53.7 Å². The summed E-state index contributed by atoms with van der Waals surface area (Å²) in [5.74, 6) is -0.252. The molecule has 0 heterocycles. The number of aryl methyl sites for hydroxylation is 1. The molecule has 134 valence electrons. The van der Waals surface area contributed by atoms with Crippen LogP contribution in [0.5, 0.6) is 0 Å². The lowest BCUT2D eigenvalue weighted by Crippen LogP contribution is -2.04. The van der Waals surface area contributed by atoms with Crippen molar-refractivity contribution in [1.82, 2.24) is 0 Å². The van der Waals surface area contributed by atoms with Crippen LogP contribution in [0.1, 0.15) is 41.5 Å². The highest BCUT2D eigenvalue weighted by molar-refractivity contribution is 5.84. The van der Waals surface area contributed by atoms with Crippen molar-refractivity contribution in [2.75, 3.05) is 0 Å². The second-order valence-electron chi connectivity index (χ2n) is 6.37. The Bertz CT molecular complexity index is 835. The summed E-state index contributed by atoms with van der Waals surface area (Å²) in [5, 5.41) is 0. The van der Waals surface area contributed by atoms with E-state index in [1.165, 1.54) is 18.2 Å². The molecule has 0 amide bonds. The first-order valence-corrected chi connectivity index (χ1v) is 8.58. The third kappa shape index (κ3) is 4.31. The predicted octanol–water partition coefficient (Wildman–Crippen LogP) is 6.27. The molecule has 3 rings (SSSR count). The Balaban J connectivity index is 1.99. The summed E-state index contributed by atoms with van der Waals surface area (Å²) in [6.45, 7) is 3.65. The number of rotatable bonds is 4. The van der Waals surface area contributed by atoms with Crippen LogP contribution in [0.15, 0.2) is 60.1 Å². The van der Waals surface area contributed by atoms with Crippen LogP contribution in [0.4, 0.5) is 13.2 Å². The first kappa shape index (κ1) is 18.2. The smallest absolute Gasteiger partial charge is 0.263 e. The molecule has 1 unspecified atom stereocenters. The maximum Gasteiger partial charge on any atom is 0.263 e. The zero-order valence-corrected chi connectivity index (χ0v) is 14.3. The number of fused-ring (bicyclic) bond motifs is 1. The number of allylic oxidation sites excluding steroid dienone is 1. The highest BCUT2D eigenvalue weighted by Crippen LogP contribution is 2.33. The Morgan fingerprint density at radius 3 is 2.58 bits per heavy atom. The Morgan fingerprint density at radius 2 is 1.88 bits per heavy atom. The number of aliphatic imine (C=N–C) groups is 1. The first-order chi connectivity index (χ1) is 12.6. The van der Waals surface area contributed by atoms with Crippen LogP contribution in [0, 0.1) is 5.82 Å². The highest BCUT2D eigenvalue weighted by Gasteiger charge is 2.19. The molecular formula is C22H20F3N. The van der Waals surface area contributed by atoms with Crippen LogP contribution in [0.25, 0.3) is 11.6 Å². The molecule has 26 heavy (non-hydrogen) atoms. The molecule has 4 heteroatoms. The number of hydrogen-bond donors (Lipinski definition) is 0. The fourth-order valence-corrected chi connectivity index (χ4v) is 3.26. The standard InChI is InChI=1S/C22H20F3N/c1-2-11-26-20-9-7-17-13-19(23)8-10-21(17)18(14-20)12-15-3-5-16(6-4-15)22(24)25/h2-6,8,10-13,20,22H,1,7,9,14H2/b18-12-,26-11?. The van der Waals surface area contributed by atoms with Gasteiger partial charge < -0.3 is 0 Å². The summed E-state index contributed by atoms with van der Waals surface area (Å²) in [4.78, 5) is 4.52. The van der Waals surface area contributed by atoms with Crippen molar-refractivity contribution in [1.29, 1.82) is 0 Å². The van der Waals surface area contributed by atoms with Gasteiger partial charge in [-0.1, -0.05) is 49.1 Å². The van der Waals surface area contributed by atoms with Gasteiger partial charge in [-0.25, -0.2) is 13.2 Å². The Hall–Kier alpha value is -2.62. The molecule has 0 fully saturated rings. The summed E-state index contributed by atoms with van der Waals surface area (Å²) in [5.41, 5.74) is 3.84. The lowest BCUT2D eigenvalue weighted by atomic mass is 9.95. The van der Waals surface area contributed by atoms with Crippen molar-refractivity contribution < 1.29 is 13.2 Å². The van der Waals surface area contributed by atoms with Crippen LogP contribution < -0.4 is 0 Å². The number of nitrogens with zero attached hydrogens (tertiary/aromatic N) is 1. The van der Waals surface area contributed by atoms with E-state index in [4.69, 9.17) is 0 Å². The van der Waals surface area contributed by atoms with E-state index in [-0.39, 0.29) is 17.4 Å². The Kier molecular flexibility index (Phi) is 5.71. The van der Waals surface area contributed by atoms with Gasteiger partial charge in [-0.15, -0.1) is 0 Å². The van der Waals surface area contributed by atoms with Crippen molar-refractivity contribution in [3.63, 3.8) is 0 Å². The van der Waals surface area contributed by atoms with Crippen LogP contribution >= 0.6 is 0 Å². The normalized spacial score (nSPS) is 18.9. The lowest BCUT2D eigenvalue weighted by molar-refractivity contribution is 0.151. The maximum atomic E-state index is 13.7. The van der Waals surface area contributed by atoms with Crippen LogP contribution in [-0.4, -0.2) is 12.3 Å². The van der Waals surface area contributed by atoms with Crippen LogP contribution in [0.2, 0.25) is 0 Å². The van der Waals surface area contributed by atoms with Crippen molar-refractivity contribution in [2.45, 2.75) is 31.7 Å². The molecule has 0 saturated heterocycles. The zero-order chi connectivity index (χ0) is 18.5. The summed E-state index contributed by atoms with van der Waals surface area (Å²) in [6.07, 6.45) is 5.11. The third-order valence-electron chi connectivity index (χ3n) is 4.55. The molecule has 1 atom stereocenters. The predicted molar refractivity (Wildman–Crippen MR) is 101 cm³/mol. The van der Waals surface area contributed by atoms with Gasteiger partial charge >= 0.3 is 0 Å². The second kappa shape index (κ2) is 8.17. The van der Waals surface area contributed by atoms with Gasteiger partial charge in [0, 0.05) is 11.8 Å². The first-order valence-electron chi connectivity index (χ1n) is 8.58. The molecule has 2 aromatic carbocycles. The average molecular weight is 355 g/mol. The molecule has 1 aliphatic carbocycles. The third-order valence-corrected chi connectivity index (χ3v) is 4.55. The molecule has 1 aliphatic rings. The van der Waals surface area contributed by atoms with Crippen LogP contribution in [-0.2, 0) is 6.42 Å². The number of alkyl halides is 2. The van der Waals surface area contributed by atoms with E-state index in [9.17, 15) is 13.2 Å². The largest absolute Gasteiger partial charge is 0.290 e. The number of hydrogen-bond acceptors (Lipinski definition) is 1. The summed E-state index contributed by atoms with van der Waals surface area (Å²) in [7, 11) is 0. The molecule has 0 saturated carbocycles. The average Bonchev–Trinajstić information content (AvgIpc) is 2.79. The molecular weight excluding hydrogens is 335 g/mol. The van der Waals surface area contributed by atoms with E-state index in [1.54, 1.807) is 36.6 Å². The van der Waals surface area contributed by atoms with Crippen molar-refractivity contribution >= 4 is 17.9 Å².